The fraction of sp³-hybridized carbons (Fsp3) is 0.500. The highest BCUT2D eigenvalue weighted by atomic mass is 14.5. The van der Waals surface area contributed by atoms with Gasteiger partial charge in [-0.25, -0.2) is 0 Å². The highest BCUT2D eigenvalue weighted by molar-refractivity contribution is 5.84. The molecular weight excluding hydrogens is 288 g/mol. The summed E-state index contributed by atoms with van der Waals surface area (Å²) in [5.74, 6) is 3.15. The largest absolute Gasteiger partial charge is 0.0617 e. The average molecular weight is 314 g/mol. The van der Waals surface area contributed by atoms with Crippen LogP contribution in [0.5, 0.6) is 0 Å². The Labute approximate surface area is 145 Å². The zero-order valence-electron chi connectivity index (χ0n) is 14.4. The Kier molecular flexibility index (Phi) is 2.84. The van der Waals surface area contributed by atoms with Crippen molar-refractivity contribution in [2.45, 2.75) is 75.0 Å². The minimum atomic E-state index is 0.789. The molecule has 0 saturated heterocycles. The SMILES string of the molecule is c1cc2c3c(c1)[C@@H]1CCCC[C@H]1c1cccc(c1-3)[C@H]1CCCC[C@H]21. The molecule has 0 radical (unpaired) electrons. The van der Waals surface area contributed by atoms with Gasteiger partial charge < -0.3 is 0 Å². The summed E-state index contributed by atoms with van der Waals surface area (Å²) < 4.78 is 0. The molecule has 6 rings (SSSR count). The summed E-state index contributed by atoms with van der Waals surface area (Å²) in [6.45, 7) is 0. The van der Waals surface area contributed by atoms with Crippen LogP contribution in [0.25, 0.3) is 11.1 Å². The first-order chi connectivity index (χ1) is 11.9. The maximum atomic E-state index is 2.48. The molecule has 4 atom stereocenters. The second-order valence-corrected chi connectivity index (χ2v) is 8.62. The normalized spacial score (nSPS) is 32.5. The third kappa shape index (κ3) is 1.65. The minimum absolute atomic E-state index is 0.789. The van der Waals surface area contributed by atoms with Crippen LogP contribution in [0, 0.1) is 0 Å². The first kappa shape index (κ1) is 13.7. The van der Waals surface area contributed by atoms with Crippen LogP contribution in [0.1, 0.15) is 97.3 Å². The van der Waals surface area contributed by atoms with E-state index in [4.69, 9.17) is 0 Å². The number of hydrogen-bond donors (Lipinski definition) is 0. The van der Waals surface area contributed by atoms with Gasteiger partial charge in [0, 0.05) is 0 Å². The Morgan fingerprint density at radius 3 is 1.04 bits per heavy atom. The van der Waals surface area contributed by atoms with Gasteiger partial charge in [-0.05, 0) is 82.7 Å². The maximum absolute atomic E-state index is 2.48. The fourth-order valence-corrected chi connectivity index (χ4v) is 6.74. The van der Waals surface area contributed by atoms with Crippen LogP contribution in [0.2, 0.25) is 0 Å². The van der Waals surface area contributed by atoms with Gasteiger partial charge in [-0.15, -0.1) is 0 Å². The summed E-state index contributed by atoms with van der Waals surface area (Å²) in [5.41, 5.74) is 10.2. The lowest BCUT2D eigenvalue weighted by Gasteiger charge is -2.46. The molecule has 0 nitrogen and oxygen atoms in total. The first-order valence-electron chi connectivity index (χ1n) is 10.2. The molecule has 0 heterocycles. The van der Waals surface area contributed by atoms with Crippen LogP contribution in [0.15, 0.2) is 36.4 Å². The lowest BCUT2D eigenvalue weighted by Crippen LogP contribution is -2.28. The monoisotopic (exact) mass is 314 g/mol. The predicted molar refractivity (Wildman–Crippen MR) is 99.8 cm³/mol. The first-order valence-corrected chi connectivity index (χ1v) is 10.2. The Bertz CT molecular complexity index is 685. The lowest BCUT2D eigenvalue weighted by atomic mass is 9.57. The van der Waals surface area contributed by atoms with Crippen molar-refractivity contribution in [3.05, 3.63) is 58.7 Å². The van der Waals surface area contributed by atoms with E-state index in [0.717, 1.165) is 23.7 Å². The average Bonchev–Trinajstić information content (AvgIpc) is 2.67. The van der Waals surface area contributed by atoms with E-state index in [2.05, 4.69) is 36.4 Å². The molecule has 0 N–H and O–H groups in total. The molecule has 2 fully saturated rings. The van der Waals surface area contributed by atoms with E-state index in [1.54, 1.807) is 33.4 Å². The molecule has 0 bridgehead atoms. The number of rotatable bonds is 0. The topological polar surface area (TPSA) is 0 Å². The Balaban J connectivity index is 1.69. The molecule has 0 aromatic heterocycles. The van der Waals surface area contributed by atoms with Crippen LogP contribution in [0.4, 0.5) is 0 Å². The highest BCUT2D eigenvalue weighted by Crippen LogP contribution is 2.61. The molecule has 24 heavy (non-hydrogen) atoms. The van der Waals surface area contributed by atoms with Gasteiger partial charge in [-0.1, -0.05) is 62.1 Å². The van der Waals surface area contributed by atoms with E-state index in [0.29, 0.717) is 0 Å². The Hall–Kier alpha value is -1.56. The molecule has 122 valence electrons. The van der Waals surface area contributed by atoms with Gasteiger partial charge in [-0.2, -0.15) is 0 Å². The van der Waals surface area contributed by atoms with E-state index < -0.39 is 0 Å². The van der Waals surface area contributed by atoms with Gasteiger partial charge in [0.15, 0.2) is 0 Å². The summed E-state index contributed by atoms with van der Waals surface area (Å²) in [4.78, 5) is 0. The number of benzene rings is 2. The standard InChI is InChI=1S/C24H26/c1-2-8-16-15(7-1)19-11-5-13-21-17-9-3-4-10-18(17)22-14-6-12-20(16)24(22)23(19)21/h5-6,11-18H,1-4,7-10H2/t15-,16-,17+,18+. The van der Waals surface area contributed by atoms with Crippen molar-refractivity contribution in [1.29, 1.82) is 0 Å². The van der Waals surface area contributed by atoms with Crippen LogP contribution in [0.3, 0.4) is 0 Å². The van der Waals surface area contributed by atoms with Gasteiger partial charge >= 0.3 is 0 Å². The van der Waals surface area contributed by atoms with Crippen LogP contribution >= 0.6 is 0 Å². The molecule has 2 aromatic rings. The van der Waals surface area contributed by atoms with Crippen molar-refractivity contribution >= 4 is 0 Å². The zero-order chi connectivity index (χ0) is 15.7. The minimum Gasteiger partial charge on any atom is -0.0617 e. The van der Waals surface area contributed by atoms with Gasteiger partial charge in [0.25, 0.3) is 0 Å². The fourth-order valence-electron chi connectivity index (χ4n) is 6.74. The molecule has 2 aromatic carbocycles. The number of fused-ring (bicyclic) bond motifs is 6. The van der Waals surface area contributed by atoms with E-state index in [9.17, 15) is 0 Å². The smallest absolute Gasteiger partial charge is 0.00866 e. The van der Waals surface area contributed by atoms with E-state index in [-0.39, 0.29) is 0 Å². The van der Waals surface area contributed by atoms with Gasteiger partial charge in [0.05, 0.1) is 0 Å². The molecule has 0 heteroatoms. The van der Waals surface area contributed by atoms with Crippen molar-refractivity contribution < 1.29 is 0 Å². The van der Waals surface area contributed by atoms with Crippen molar-refractivity contribution in [1.82, 2.24) is 0 Å². The lowest BCUT2D eigenvalue weighted by molar-refractivity contribution is 0.366. The summed E-state index contributed by atoms with van der Waals surface area (Å²) >= 11 is 0. The molecule has 2 saturated carbocycles. The van der Waals surface area contributed by atoms with E-state index >= 15 is 0 Å². The molecule has 0 unspecified atom stereocenters. The van der Waals surface area contributed by atoms with Gasteiger partial charge in [0.1, 0.15) is 0 Å². The summed E-state index contributed by atoms with van der Waals surface area (Å²) in [7, 11) is 0. The molecule has 0 amide bonds. The van der Waals surface area contributed by atoms with E-state index in [1.165, 1.54) is 51.4 Å². The van der Waals surface area contributed by atoms with Gasteiger partial charge in [0.2, 0.25) is 0 Å². The molecule has 0 aliphatic heterocycles. The molecule has 0 spiro atoms. The molecule has 4 aliphatic rings. The summed E-state index contributed by atoms with van der Waals surface area (Å²) in [5, 5.41) is 0. The second kappa shape index (κ2) is 4.97. The van der Waals surface area contributed by atoms with Crippen molar-refractivity contribution in [2.24, 2.45) is 0 Å². The van der Waals surface area contributed by atoms with Crippen LogP contribution in [-0.2, 0) is 0 Å². The maximum Gasteiger partial charge on any atom is -0.00866 e. The van der Waals surface area contributed by atoms with Crippen molar-refractivity contribution in [3.63, 3.8) is 0 Å². The summed E-state index contributed by atoms with van der Waals surface area (Å²) in [6.07, 6.45) is 11.3. The second-order valence-electron chi connectivity index (χ2n) is 8.62. The zero-order valence-corrected chi connectivity index (χ0v) is 14.4. The quantitative estimate of drug-likeness (QED) is 0.498. The predicted octanol–water partition coefficient (Wildman–Crippen LogP) is 6.86. The Morgan fingerprint density at radius 2 is 0.750 bits per heavy atom. The van der Waals surface area contributed by atoms with E-state index in [1.807, 2.05) is 0 Å². The summed E-state index contributed by atoms with van der Waals surface area (Å²) in [6, 6.07) is 14.7. The van der Waals surface area contributed by atoms with Crippen molar-refractivity contribution in [3.8, 4) is 11.1 Å². The Morgan fingerprint density at radius 1 is 0.458 bits per heavy atom. The van der Waals surface area contributed by atoms with Gasteiger partial charge in [-0.3, -0.25) is 0 Å². The highest BCUT2D eigenvalue weighted by Gasteiger charge is 2.43. The van der Waals surface area contributed by atoms with Crippen LogP contribution < -0.4 is 0 Å². The third-order valence-corrected chi connectivity index (χ3v) is 7.64. The third-order valence-electron chi connectivity index (χ3n) is 7.64. The molecule has 4 aliphatic carbocycles. The van der Waals surface area contributed by atoms with Crippen LogP contribution in [-0.4, -0.2) is 0 Å². The number of hydrogen-bond acceptors (Lipinski definition) is 0. The van der Waals surface area contributed by atoms with Crippen molar-refractivity contribution in [2.75, 3.05) is 0 Å². The molecular formula is C24H26.